The molecule has 0 aliphatic carbocycles. The van der Waals surface area contributed by atoms with Crippen molar-refractivity contribution in [1.82, 2.24) is 9.88 Å². The fourth-order valence-electron chi connectivity index (χ4n) is 3.94. The summed E-state index contributed by atoms with van der Waals surface area (Å²) >= 11 is 0. The van der Waals surface area contributed by atoms with Crippen LogP contribution in [-0.2, 0) is 0 Å². The number of benzene rings is 2. The maximum Gasteiger partial charge on any atom is 0.272 e. The average molecular weight is 389 g/mol. The number of carbonyl (C=O) groups excluding carboxylic acids is 1. The van der Waals surface area contributed by atoms with Gasteiger partial charge in [-0.1, -0.05) is 11.6 Å². The first-order valence-corrected chi connectivity index (χ1v) is 10.0. The molecule has 1 N–H and O–H groups in total. The number of aromatic nitrogens is 1. The van der Waals surface area contributed by atoms with Crippen LogP contribution < -0.4 is 14.8 Å². The minimum Gasteiger partial charge on any atom is -0.454 e. The molecule has 2 aliphatic rings. The lowest BCUT2D eigenvalue weighted by molar-refractivity contribution is 0.0719. The fourth-order valence-corrected chi connectivity index (χ4v) is 3.94. The van der Waals surface area contributed by atoms with Gasteiger partial charge in [-0.2, -0.15) is 0 Å². The Kier molecular flexibility index (Phi) is 4.46. The van der Waals surface area contributed by atoms with Crippen molar-refractivity contribution in [2.24, 2.45) is 0 Å². The van der Waals surface area contributed by atoms with Gasteiger partial charge in [-0.3, -0.25) is 4.79 Å². The highest BCUT2D eigenvalue weighted by Gasteiger charge is 2.21. The molecule has 0 saturated carbocycles. The van der Waals surface area contributed by atoms with E-state index in [0.29, 0.717) is 11.4 Å². The second kappa shape index (κ2) is 7.28. The number of carbonyl (C=O) groups is 1. The van der Waals surface area contributed by atoms with E-state index in [1.165, 1.54) is 6.42 Å². The van der Waals surface area contributed by atoms with E-state index in [1.54, 1.807) is 0 Å². The third kappa shape index (κ3) is 3.46. The van der Waals surface area contributed by atoms with E-state index in [-0.39, 0.29) is 12.7 Å². The highest BCUT2D eigenvalue weighted by atomic mass is 16.7. The average Bonchev–Trinajstić information content (AvgIpc) is 3.22. The lowest BCUT2D eigenvalue weighted by Gasteiger charge is -2.26. The summed E-state index contributed by atoms with van der Waals surface area (Å²) in [6.45, 7) is 3.90. The number of ether oxygens (including phenoxy) is 2. The Morgan fingerprint density at radius 2 is 1.83 bits per heavy atom. The number of amides is 1. The molecular weight excluding hydrogens is 366 g/mol. The van der Waals surface area contributed by atoms with Crippen molar-refractivity contribution in [3.05, 3.63) is 53.7 Å². The number of fused-ring (bicyclic) bond motifs is 2. The number of rotatable bonds is 3. The van der Waals surface area contributed by atoms with Crippen LogP contribution in [0.5, 0.6) is 11.5 Å². The van der Waals surface area contributed by atoms with Gasteiger partial charge in [-0.05, 0) is 56.5 Å². The Bertz CT molecular complexity index is 1090. The smallest absolute Gasteiger partial charge is 0.272 e. The summed E-state index contributed by atoms with van der Waals surface area (Å²) in [5.74, 6) is 1.46. The Hall–Kier alpha value is -3.28. The number of nitrogens with zero attached hydrogens (tertiary/aromatic N) is 2. The van der Waals surface area contributed by atoms with Crippen LogP contribution in [-0.4, -0.2) is 35.7 Å². The van der Waals surface area contributed by atoms with Gasteiger partial charge in [-0.15, -0.1) is 0 Å². The summed E-state index contributed by atoms with van der Waals surface area (Å²) in [5, 5.41) is 4.44. The van der Waals surface area contributed by atoms with Crippen molar-refractivity contribution in [1.29, 1.82) is 0 Å². The molecule has 6 nitrogen and oxygen atoms in total. The molecule has 0 spiro atoms. The molecule has 0 unspecified atom stereocenters. The largest absolute Gasteiger partial charge is 0.454 e. The standard InChI is InChI=1S/C23H23N3O3/c1-15-5-7-18-17(11-15)19(24-16-6-8-21-22(12-16)29-14-28-21)13-20(25-18)23(27)26-9-3-2-4-10-26/h5-8,11-13H,2-4,9-10,14H2,1H3,(H,24,25). The maximum absolute atomic E-state index is 13.1. The van der Waals surface area contributed by atoms with Crippen LogP contribution in [0.1, 0.15) is 35.3 Å². The van der Waals surface area contributed by atoms with Crippen LogP contribution in [0.2, 0.25) is 0 Å². The van der Waals surface area contributed by atoms with Crippen LogP contribution in [0.4, 0.5) is 11.4 Å². The van der Waals surface area contributed by atoms with Gasteiger partial charge in [0, 0.05) is 30.2 Å². The van der Waals surface area contributed by atoms with Crippen molar-refractivity contribution in [3.63, 3.8) is 0 Å². The second-order valence-corrected chi connectivity index (χ2v) is 7.62. The zero-order chi connectivity index (χ0) is 19.8. The highest BCUT2D eigenvalue weighted by molar-refractivity contribution is 6.01. The lowest BCUT2D eigenvalue weighted by atomic mass is 10.1. The SMILES string of the molecule is Cc1ccc2nc(C(=O)N3CCCCC3)cc(Nc3ccc4c(c3)OCO4)c2c1. The second-order valence-electron chi connectivity index (χ2n) is 7.62. The van der Waals surface area contributed by atoms with E-state index in [2.05, 4.69) is 23.3 Å². The van der Waals surface area contributed by atoms with E-state index in [4.69, 9.17) is 9.47 Å². The third-order valence-corrected chi connectivity index (χ3v) is 5.48. The van der Waals surface area contributed by atoms with E-state index in [1.807, 2.05) is 41.3 Å². The molecule has 5 rings (SSSR count). The number of aryl methyl sites for hydroxylation is 1. The molecule has 29 heavy (non-hydrogen) atoms. The molecule has 1 aromatic heterocycles. The normalized spacial score (nSPS) is 15.6. The summed E-state index contributed by atoms with van der Waals surface area (Å²) in [5.41, 5.74) is 4.16. The predicted molar refractivity (Wildman–Crippen MR) is 112 cm³/mol. The molecule has 1 fully saturated rings. The molecule has 6 heteroatoms. The van der Waals surface area contributed by atoms with Crippen molar-refractivity contribution >= 4 is 28.2 Å². The van der Waals surface area contributed by atoms with E-state index < -0.39 is 0 Å². The van der Waals surface area contributed by atoms with Gasteiger partial charge in [0.15, 0.2) is 11.5 Å². The maximum atomic E-state index is 13.1. The van der Waals surface area contributed by atoms with Crippen molar-refractivity contribution in [2.45, 2.75) is 26.2 Å². The van der Waals surface area contributed by atoms with Gasteiger partial charge in [0.05, 0.1) is 11.2 Å². The molecular formula is C23H23N3O3. The summed E-state index contributed by atoms with van der Waals surface area (Å²) in [4.78, 5) is 19.7. The molecule has 1 amide bonds. The molecule has 3 heterocycles. The quantitative estimate of drug-likeness (QED) is 0.707. The summed E-state index contributed by atoms with van der Waals surface area (Å²) in [6, 6.07) is 13.7. The molecule has 2 aliphatic heterocycles. The number of anilines is 2. The number of nitrogens with one attached hydrogen (secondary N) is 1. The molecule has 0 bridgehead atoms. The molecule has 0 atom stereocenters. The third-order valence-electron chi connectivity index (χ3n) is 5.48. The Balaban J connectivity index is 1.55. The molecule has 1 saturated heterocycles. The van der Waals surface area contributed by atoms with Gasteiger partial charge in [-0.25, -0.2) is 4.98 Å². The first kappa shape index (κ1) is 17.8. The predicted octanol–water partition coefficient (Wildman–Crippen LogP) is 4.64. The van der Waals surface area contributed by atoms with Crippen LogP contribution in [0, 0.1) is 6.92 Å². The Morgan fingerprint density at radius 1 is 1.00 bits per heavy atom. The van der Waals surface area contributed by atoms with Crippen molar-refractivity contribution in [2.75, 3.05) is 25.2 Å². The highest BCUT2D eigenvalue weighted by Crippen LogP contribution is 2.36. The van der Waals surface area contributed by atoms with Gasteiger partial charge in [0.1, 0.15) is 5.69 Å². The van der Waals surface area contributed by atoms with Gasteiger partial charge in [0.2, 0.25) is 6.79 Å². The van der Waals surface area contributed by atoms with E-state index in [0.717, 1.165) is 59.5 Å². The lowest BCUT2D eigenvalue weighted by Crippen LogP contribution is -2.36. The molecule has 0 radical (unpaired) electrons. The summed E-state index contributed by atoms with van der Waals surface area (Å²) in [6.07, 6.45) is 3.30. The van der Waals surface area contributed by atoms with Gasteiger partial charge >= 0.3 is 0 Å². The topological polar surface area (TPSA) is 63.7 Å². The number of likely N-dealkylation sites (tertiary alicyclic amines) is 1. The van der Waals surface area contributed by atoms with Gasteiger partial charge < -0.3 is 19.7 Å². The van der Waals surface area contributed by atoms with E-state index in [9.17, 15) is 4.79 Å². The van der Waals surface area contributed by atoms with Crippen molar-refractivity contribution in [3.8, 4) is 11.5 Å². The first-order valence-electron chi connectivity index (χ1n) is 10.0. The first-order chi connectivity index (χ1) is 14.2. The zero-order valence-electron chi connectivity index (χ0n) is 16.4. The molecule has 148 valence electrons. The van der Waals surface area contributed by atoms with Gasteiger partial charge in [0.25, 0.3) is 5.91 Å². The van der Waals surface area contributed by atoms with Crippen LogP contribution in [0.15, 0.2) is 42.5 Å². The molecule has 2 aromatic carbocycles. The van der Waals surface area contributed by atoms with Crippen LogP contribution in [0.25, 0.3) is 10.9 Å². The Morgan fingerprint density at radius 3 is 2.69 bits per heavy atom. The monoisotopic (exact) mass is 389 g/mol. The van der Waals surface area contributed by atoms with Crippen molar-refractivity contribution < 1.29 is 14.3 Å². The Labute approximate surface area is 169 Å². The fraction of sp³-hybridized carbons (Fsp3) is 0.304. The molecule has 3 aromatic rings. The minimum absolute atomic E-state index is 0.000844. The summed E-state index contributed by atoms with van der Waals surface area (Å²) in [7, 11) is 0. The van der Waals surface area contributed by atoms with Crippen LogP contribution in [0.3, 0.4) is 0 Å². The number of hydrogen-bond donors (Lipinski definition) is 1. The number of pyridine rings is 1. The van der Waals surface area contributed by atoms with E-state index >= 15 is 0 Å². The summed E-state index contributed by atoms with van der Waals surface area (Å²) < 4.78 is 10.9. The number of hydrogen-bond acceptors (Lipinski definition) is 5. The van der Waals surface area contributed by atoms with Crippen LogP contribution >= 0.6 is 0 Å². The zero-order valence-corrected chi connectivity index (χ0v) is 16.4. The number of piperidine rings is 1. The minimum atomic E-state index is 0.000844.